The summed E-state index contributed by atoms with van der Waals surface area (Å²) in [7, 11) is 2.98. The molecule has 1 fully saturated rings. The Balaban J connectivity index is 1.83. The van der Waals surface area contributed by atoms with Gasteiger partial charge in [0.1, 0.15) is 17.0 Å². The average molecular weight is 544 g/mol. The van der Waals surface area contributed by atoms with Crippen molar-refractivity contribution in [1.82, 2.24) is 9.13 Å². The lowest BCUT2D eigenvalue weighted by Gasteiger charge is -2.22. The summed E-state index contributed by atoms with van der Waals surface area (Å²) in [6.07, 6.45) is -1.79. The maximum absolute atomic E-state index is 14.3. The van der Waals surface area contributed by atoms with E-state index in [9.17, 15) is 28.2 Å². The van der Waals surface area contributed by atoms with E-state index < -0.39 is 23.4 Å². The lowest BCUT2D eigenvalue weighted by Crippen LogP contribution is -2.25. The zero-order chi connectivity index (χ0) is 27.9. The number of rotatable bonds is 7. The standard InChI is InChI=1S/C28H28F3N3O5/c1-38-20-11-17(12-21(14-20)39-2)23-16-34(27(37)26-22(23)6-8-32(26)9-10-35)25-13-18(33-7-5-19(36)15-33)3-4-24(25)28(29,30)31/h3-4,6,8,11-14,16,19,35-36H,5,7,9-10,15H2,1-2H3/t19-/m0/s1. The number of aliphatic hydroxyl groups excluding tert-OH is 2. The number of fused-ring (bicyclic) bond motifs is 1. The molecule has 2 N–H and O–H groups in total. The van der Waals surface area contributed by atoms with Gasteiger partial charge in [0.25, 0.3) is 5.56 Å². The first-order valence-electron chi connectivity index (χ1n) is 12.4. The lowest BCUT2D eigenvalue weighted by molar-refractivity contribution is -0.137. The topological polar surface area (TPSA) is 89.1 Å². The van der Waals surface area contributed by atoms with Gasteiger partial charge in [0.05, 0.1) is 38.2 Å². The van der Waals surface area contributed by atoms with Crippen molar-refractivity contribution in [2.45, 2.75) is 25.2 Å². The maximum atomic E-state index is 14.3. The van der Waals surface area contributed by atoms with Gasteiger partial charge in [-0.05, 0) is 48.4 Å². The van der Waals surface area contributed by atoms with Gasteiger partial charge in [-0.15, -0.1) is 0 Å². The second-order valence-electron chi connectivity index (χ2n) is 9.40. The zero-order valence-electron chi connectivity index (χ0n) is 21.4. The Morgan fingerprint density at radius 3 is 2.36 bits per heavy atom. The SMILES string of the molecule is COc1cc(OC)cc(-c2cn(-c3cc(N4CC[C@H](O)C4)ccc3C(F)(F)F)c(=O)c3c2ccn3CCO)c1. The molecule has 206 valence electrons. The first-order valence-corrected chi connectivity index (χ1v) is 12.4. The zero-order valence-corrected chi connectivity index (χ0v) is 21.4. The molecule has 0 unspecified atom stereocenters. The van der Waals surface area contributed by atoms with Gasteiger partial charge >= 0.3 is 6.18 Å². The van der Waals surface area contributed by atoms with Crippen LogP contribution in [0.4, 0.5) is 18.9 Å². The molecule has 0 radical (unpaired) electrons. The number of nitrogens with zero attached hydrogens (tertiary/aromatic N) is 3. The van der Waals surface area contributed by atoms with Crippen LogP contribution in [0.2, 0.25) is 0 Å². The Kier molecular flexibility index (Phi) is 7.04. The van der Waals surface area contributed by atoms with Crippen LogP contribution in [0.15, 0.2) is 59.7 Å². The largest absolute Gasteiger partial charge is 0.497 e. The predicted molar refractivity (Wildman–Crippen MR) is 141 cm³/mol. The highest BCUT2D eigenvalue weighted by Crippen LogP contribution is 2.38. The molecule has 1 saturated heterocycles. The Morgan fingerprint density at radius 1 is 1.05 bits per heavy atom. The van der Waals surface area contributed by atoms with E-state index in [0.29, 0.717) is 46.7 Å². The summed E-state index contributed by atoms with van der Waals surface area (Å²) in [5.41, 5.74) is -0.294. The lowest BCUT2D eigenvalue weighted by atomic mass is 10.0. The third-order valence-corrected chi connectivity index (χ3v) is 7.01. The van der Waals surface area contributed by atoms with E-state index in [0.717, 1.165) is 10.6 Å². The summed E-state index contributed by atoms with van der Waals surface area (Å²) >= 11 is 0. The highest BCUT2D eigenvalue weighted by Gasteiger charge is 2.35. The Morgan fingerprint density at radius 2 is 1.77 bits per heavy atom. The molecule has 1 aliphatic rings. The number of β-amino-alcohol motifs (C(OH)–C–C–N with tert-alkyl or cyclic N) is 1. The van der Waals surface area contributed by atoms with Crippen LogP contribution in [0.25, 0.3) is 27.7 Å². The molecule has 5 rings (SSSR count). The molecule has 0 aliphatic carbocycles. The van der Waals surface area contributed by atoms with Crippen LogP contribution in [-0.4, -0.2) is 59.4 Å². The normalized spacial score (nSPS) is 15.8. The van der Waals surface area contributed by atoms with E-state index in [-0.39, 0.29) is 30.9 Å². The molecule has 0 bridgehead atoms. The number of anilines is 1. The molecule has 0 saturated carbocycles. The maximum Gasteiger partial charge on any atom is 0.418 e. The van der Waals surface area contributed by atoms with Gasteiger partial charge in [-0.3, -0.25) is 9.36 Å². The summed E-state index contributed by atoms with van der Waals surface area (Å²) in [6.45, 7) is 0.587. The minimum absolute atomic E-state index is 0.0848. The van der Waals surface area contributed by atoms with Crippen LogP contribution < -0.4 is 19.9 Å². The molecule has 39 heavy (non-hydrogen) atoms. The van der Waals surface area contributed by atoms with Crippen molar-refractivity contribution >= 4 is 16.6 Å². The monoisotopic (exact) mass is 543 g/mol. The van der Waals surface area contributed by atoms with Crippen molar-refractivity contribution in [1.29, 1.82) is 0 Å². The van der Waals surface area contributed by atoms with Crippen LogP contribution >= 0.6 is 0 Å². The average Bonchev–Trinajstić information content (AvgIpc) is 3.55. The number of aliphatic hydroxyl groups is 2. The van der Waals surface area contributed by atoms with Gasteiger partial charge in [0.15, 0.2) is 0 Å². The third kappa shape index (κ3) is 4.95. The number of pyridine rings is 1. The molecule has 2 aromatic carbocycles. The van der Waals surface area contributed by atoms with Crippen molar-refractivity contribution in [2.24, 2.45) is 0 Å². The number of hydrogen-bond donors (Lipinski definition) is 2. The van der Waals surface area contributed by atoms with E-state index in [4.69, 9.17) is 9.47 Å². The molecule has 3 heterocycles. The van der Waals surface area contributed by atoms with Gasteiger partial charge in [0.2, 0.25) is 0 Å². The van der Waals surface area contributed by atoms with Crippen molar-refractivity contribution in [3.8, 4) is 28.3 Å². The van der Waals surface area contributed by atoms with Crippen LogP contribution in [0.1, 0.15) is 12.0 Å². The number of benzene rings is 2. The summed E-state index contributed by atoms with van der Waals surface area (Å²) in [4.78, 5) is 15.7. The second-order valence-corrected chi connectivity index (χ2v) is 9.40. The van der Waals surface area contributed by atoms with Crippen LogP contribution in [-0.2, 0) is 12.7 Å². The molecule has 0 amide bonds. The van der Waals surface area contributed by atoms with E-state index in [2.05, 4.69) is 0 Å². The van der Waals surface area contributed by atoms with Crippen LogP contribution in [0.3, 0.4) is 0 Å². The first kappa shape index (κ1) is 26.6. The minimum atomic E-state index is -4.74. The summed E-state index contributed by atoms with van der Waals surface area (Å²) in [6, 6.07) is 10.4. The quantitative estimate of drug-likeness (QED) is 0.366. The second kappa shape index (κ2) is 10.3. The number of halogens is 3. The van der Waals surface area contributed by atoms with Crippen LogP contribution in [0.5, 0.6) is 11.5 Å². The first-order chi connectivity index (χ1) is 18.6. The fourth-order valence-electron chi connectivity index (χ4n) is 5.10. The Bertz CT molecular complexity index is 1560. The molecule has 8 nitrogen and oxygen atoms in total. The summed E-state index contributed by atoms with van der Waals surface area (Å²) in [5, 5.41) is 20.1. The summed E-state index contributed by atoms with van der Waals surface area (Å²) in [5.74, 6) is 0.936. The van der Waals surface area contributed by atoms with E-state index in [1.54, 1.807) is 35.4 Å². The predicted octanol–water partition coefficient (Wildman–Crippen LogP) is 4.06. The van der Waals surface area contributed by atoms with Gasteiger partial charge < -0.3 is 29.2 Å². The smallest absolute Gasteiger partial charge is 0.418 e. The number of ether oxygens (including phenoxy) is 2. The number of aromatic nitrogens is 2. The molecule has 2 aromatic heterocycles. The molecule has 1 atom stereocenters. The molecular weight excluding hydrogens is 515 g/mol. The van der Waals surface area contributed by atoms with Gasteiger partial charge in [-0.1, -0.05) is 0 Å². The van der Waals surface area contributed by atoms with Crippen LogP contribution in [0, 0.1) is 0 Å². The highest BCUT2D eigenvalue weighted by atomic mass is 19.4. The van der Waals surface area contributed by atoms with Gasteiger partial charge in [-0.2, -0.15) is 13.2 Å². The molecular formula is C28H28F3N3O5. The van der Waals surface area contributed by atoms with Crippen molar-refractivity contribution in [2.75, 3.05) is 38.8 Å². The molecule has 0 spiro atoms. The number of hydrogen-bond acceptors (Lipinski definition) is 6. The van der Waals surface area contributed by atoms with Crippen molar-refractivity contribution in [3.05, 3.63) is 70.8 Å². The third-order valence-electron chi connectivity index (χ3n) is 7.01. The minimum Gasteiger partial charge on any atom is -0.497 e. The fraction of sp³-hybridized carbons (Fsp3) is 0.321. The van der Waals surface area contributed by atoms with Gasteiger partial charge in [0, 0.05) is 54.7 Å². The van der Waals surface area contributed by atoms with E-state index in [1.165, 1.54) is 37.1 Å². The van der Waals surface area contributed by atoms with Gasteiger partial charge in [-0.25, -0.2) is 0 Å². The van der Waals surface area contributed by atoms with E-state index in [1.807, 2.05) is 0 Å². The number of alkyl halides is 3. The molecule has 11 heteroatoms. The molecule has 4 aromatic rings. The summed E-state index contributed by atoms with van der Waals surface area (Å²) < 4.78 is 56.1. The highest BCUT2D eigenvalue weighted by molar-refractivity contribution is 5.95. The molecule has 1 aliphatic heterocycles. The van der Waals surface area contributed by atoms with Crippen molar-refractivity contribution < 1.29 is 32.9 Å². The Labute approximate surface area is 222 Å². The fourth-order valence-corrected chi connectivity index (χ4v) is 5.10. The van der Waals surface area contributed by atoms with E-state index >= 15 is 0 Å². The van der Waals surface area contributed by atoms with Crippen molar-refractivity contribution in [3.63, 3.8) is 0 Å². The Hall–Kier alpha value is -3.96. The number of methoxy groups -OCH3 is 2.